The predicted octanol–water partition coefficient (Wildman–Crippen LogP) is 3.58. The normalized spacial score (nSPS) is 14.4. The first-order valence-electron chi connectivity index (χ1n) is 7.28. The molecule has 0 bridgehead atoms. The summed E-state index contributed by atoms with van der Waals surface area (Å²) in [6.45, 7) is 6.84. The van der Waals surface area contributed by atoms with Crippen molar-refractivity contribution < 1.29 is 9.53 Å². The Labute approximate surface area is 125 Å². The number of amides is 1. The molecule has 0 aromatic heterocycles. The van der Waals surface area contributed by atoms with Gasteiger partial charge in [0.05, 0.1) is 12.4 Å². The van der Waals surface area contributed by atoms with Crippen molar-refractivity contribution in [2.75, 3.05) is 12.4 Å². The molecule has 0 radical (unpaired) electrons. The highest BCUT2D eigenvalue weighted by Gasteiger charge is 2.33. The molecular formula is C16H23NO2S. The summed E-state index contributed by atoms with van der Waals surface area (Å²) in [5, 5.41) is 0. The molecule has 1 aromatic carbocycles. The van der Waals surface area contributed by atoms with Gasteiger partial charge in [0.2, 0.25) is 5.91 Å². The lowest BCUT2D eigenvalue weighted by Gasteiger charge is -2.26. The monoisotopic (exact) mass is 293 g/mol. The van der Waals surface area contributed by atoms with Gasteiger partial charge in [-0.2, -0.15) is 0 Å². The van der Waals surface area contributed by atoms with E-state index in [0.29, 0.717) is 24.4 Å². The van der Waals surface area contributed by atoms with Crippen LogP contribution in [0.5, 0.6) is 5.75 Å². The Morgan fingerprint density at radius 1 is 1.35 bits per heavy atom. The van der Waals surface area contributed by atoms with E-state index in [1.165, 1.54) is 0 Å². The molecule has 1 aliphatic carbocycles. The summed E-state index contributed by atoms with van der Waals surface area (Å²) in [5.74, 6) is 1.65. The van der Waals surface area contributed by atoms with Gasteiger partial charge in [0.1, 0.15) is 5.75 Å². The Hall–Kier alpha value is -1.16. The van der Waals surface area contributed by atoms with Crippen LogP contribution in [0.1, 0.15) is 33.6 Å². The SMILES string of the molecule is CCOc1ccc(SCC(=O)N(C(C)C)C2CC2)cc1. The van der Waals surface area contributed by atoms with Crippen LogP contribution in [-0.2, 0) is 4.79 Å². The highest BCUT2D eigenvalue weighted by Crippen LogP contribution is 2.30. The first-order chi connectivity index (χ1) is 9.61. The van der Waals surface area contributed by atoms with Crippen molar-refractivity contribution in [3.05, 3.63) is 24.3 Å². The predicted molar refractivity (Wildman–Crippen MR) is 83.3 cm³/mol. The molecule has 4 heteroatoms. The van der Waals surface area contributed by atoms with E-state index in [9.17, 15) is 4.79 Å². The topological polar surface area (TPSA) is 29.5 Å². The molecule has 110 valence electrons. The van der Waals surface area contributed by atoms with E-state index in [1.54, 1.807) is 11.8 Å². The number of benzene rings is 1. The summed E-state index contributed by atoms with van der Waals surface area (Å²) < 4.78 is 5.41. The maximum atomic E-state index is 12.3. The number of carbonyl (C=O) groups is 1. The van der Waals surface area contributed by atoms with Gasteiger partial charge in [0.15, 0.2) is 0 Å². The molecule has 1 fully saturated rings. The van der Waals surface area contributed by atoms with Crippen LogP contribution in [0.2, 0.25) is 0 Å². The average Bonchev–Trinajstić information content (AvgIpc) is 3.23. The molecule has 3 nitrogen and oxygen atoms in total. The van der Waals surface area contributed by atoms with Crippen molar-refractivity contribution in [1.29, 1.82) is 0 Å². The van der Waals surface area contributed by atoms with E-state index in [4.69, 9.17) is 4.74 Å². The summed E-state index contributed by atoms with van der Waals surface area (Å²) in [5.41, 5.74) is 0. The fourth-order valence-corrected chi connectivity index (χ4v) is 3.05. The van der Waals surface area contributed by atoms with E-state index in [-0.39, 0.29) is 5.91 Å². The van der Waals surface area contributed by atoms with E-state index in [2.05, 4.69) is 13.8 Å². The lowest BCUT2D eigenvalue weighted by Crippen LogP contribution is -2.39. The van der Waals surface area contributed by atoms with Crippen molar-refractivity contribution >= 4 is 17.7 Å². The molecule has 1 saturated carbocycles. The molecule has 0 aliphatic heterocycles. The van der Waals surface area contributed by atoms with Crippen LogP contribution in [0.15, 0.2) is 29.2 Å². The van der Waals surface area contributed by atoms with Crippen molar-refractivity contribution in [2.24, 2.45) is 0 Å². The molecule has 0 heterocycles. The first kappa shape index (κ1) is 15.2. The van der Waals surface area contributed by atoms with Gasteiger partial charge in [-0.15, -0.1) is 11.8 Å². The van der Waals surface area contributed by atoms with E-state index >= 15 is 0 Å². The van der Waals surface area contributed by atoms with Gasteiger partial charge in [-0.05, 0) is 57.9 Å². The largest absolute Gasteiger partial charge is 0.494 e. The molecule has 20 heavy (non-hydrogen) atoms. The van der Waals surface area contributed by atoms with Gasteiger partial charge in [-0.25, -0.2) is 0 Å². The number of carbonyl (C=O) groups excluding carboxylic acids is 1. The summed E-state index contributed by atoms with van der Waals surface area (Å²) in [7, 11) is 0. The van der Waals surface area contributed by atoms with Crippen molar-refractivity contribution in [2.45, 2.75) is 50.6 Å². The lowest BCUT2D eigenvalue weighted by atomic mass is 10.3. The van der Waals surface area contributed by atoms with Crippen LogP contribution >= 0.6 is 11.8 Å². The minimum Gasteiger partial charge on any atom is -0.494 e. The van der Waals surface area contributed by atoms with Gasteiger partial charge in [0, 0.05) is 17.0 Å². The number of rotatable bonds is 7. The fourth-order valence-electron chi connectivity index (χ4n) is 2.28. The van der Waals surface area contributed by atoms with Gasteiger partial charge < -0.3 is 9.64 Å². The Morgan fingerprint density at radius 2 is 2.00 bits per heavy atom. The summed E-state index contributed by atoms with van der Waals surface area (Å²) >= 11 is 1.60. The van der Waals surface area contributed by atoms with Crippen LogP contribution < -0.4 is 4.74 Å². The van der Waals surface area contributed by atoms with Crippen LogP contribution in [0.4, 0.5) is 0 Å². The zero-order valence-corrected chi connectivity index (χ0v) is 13.3. The molecule has 1 aliphatic rings. The van der Waals surface area contributed by atoms with E-state index in [1.807, 2.05) is 36.1 Å². The molecule has 0 unspecified atom stereocenters. The number of hydrogen-bond acceptors (Lipinski definition) is 3. The van der Waals surface area contributed by atoms with E-state index < -0.39 is 0 Å². The maximum absolute atomic E-state index is 12.3. The molecule has 2 rings (SSSR count). The Bertz CT molecular complexity index is 438. The van der Waals surface area contributed by atoms with Gasteiger partial charge in [-0.1, -0.05) is 0 Å². The molecule has 1 amide bonds. The minimum atomic E-state index is 0.251. The van der Waals surface area contributed by atoms with E-state index in [0.717, 1.165) is 23.5 Å². The minimum absolute atomic E-state index is 0.251. The molecule has 0 atom stereocenters. The first-order valence-corrected chi connectivity index (χ1v) is 8.27. The Kier molecular flexibility index (Phi) is 5.35. The van der Waals surface area contributed by atoms with Gasteiger partial charge in [0.25, 0.3) is 0 Å². The third-order valence-electron chi connectivity index (χ3n) is 3.28. The van der Waals surface area contributed by atoms with Crippen LogP contribution in [0.25, 0.3) is 0 Å². The zero-order chi connectivity index (χ0) is 14.5. The maximum Gasteiger partial charge on any atom is 0.233 e. The number of ether oxygens (including phenoxy) is 1. The third-order valence-corrected chi connectivity index (χ3v) is 4.28. The Morgan fingerprint density at radius 3 is 2.50 bits per heavy atom. The zero-order valence-electron chi connectivity index (χ0n) is 12.5. The molecule has 0 spiro atoms. The summed E-state index contributed by atoms with van der Waals surface area (Å²) in [4.78, 5) is 15.4. The second kappa shape index (κ2) is 7.02. The van der Waals surface area contributed by atoms with Crippen LogP contribution in [0.3, 0.4) is 0 Å². The average molecular weight is 293 g/mol. The number of nitrogens with zero attached hydrogens (tertiary/aromatic N) is 1. The van der Waals surface area contributed by atoms with Crippen molar-refractivity contribution in [3.8, 4) is 5.75 Å². The third kappa shape index (κ3) is 4.17. The second-order valence-corrected chi connectivity index (χ2v) is 6.37. The van der Waals surface area contributed by atoms with Gasteiger partial charge >= 0.3 is 0 Å². The Balaban J connectivity index is 1.85. The number of thioether (sulfide) groups is 1. The fraction of sp³-hybridized carbons (Fsp3) is 0.562. The lowest BCUT2D eigenvalue weighted by molar-refractivity contribution is -0.130. The van der Waals surface area contributed by atoms with Crippen molar-refractivity contribution in [3.63, 3.8) is 0 Å². The number of hydrogen-bond donors (Lipinski definition) is 0. The quantitative estimate of drug-likeness (QED) is 0.720. The van der Waals surface area contributed by atoms with Crippen LogP contribution in [0, 0.1) is 0 Å². The van der Waals surface area contributed by atoms with Gasteiger partial charge in [-0.3, -0.25) is 4.79 Å². The molecule has 1 aromatic rings. The summed E-state index contributed by atoms with van der Waals surface area (Å²) in [6.07, 6.45) is 2.33. The molecule has 0 saturated heterocycles. The van der Waals surface area contributed by atoms with Crippen molar-refractivity contribution in [1.82, 2.24) is 4.90 Å². The smallest absolute Gasteiger partial charge is 0.233 e. The molecular weight excluding hydrogens is 270 g/mol. The standard InChI is InChI=1S/C16H23NO2S/c1-4-19-14-7-9-15(10-8-14)20-11-16(18)17(12(2)3)13-5-6-13/h7-10,12-13H,4-6,11H2,1-3H3. The highest BCUT2D eigenvalue weighted by molar-refractivity contribution is 8.00. The second-order valence-electron chi connectivity index (χ2n) is 5.32. The molecule has 0 N–H and O–H groups in total. The highest BCUT2D eigenvalue weighted by atomic mass is 32.2. The summed E-state index contributed by atoms with van der Waals surface area (Å²) in [6, 6.07) is 8.73. The van der Waals surface area contributed by atoms with Crippen LogP contribution in [-0.4, -0.2) is 35.3 Å².